The van der Waals surface area contributed by atoms with Gasteiger partial charge in [0.1, 0.15) is 0 Å². The molecule has 26 heavy (non-hydrogen) atoms. The number of nitrogens with zero attached hydrogens (tertiary/aromatic N) is 4. The second-order valence-electron chi connectivity index (χ2n) is 5.58. The third-order valence-electron chi connectivity index (χ3n) is 3.36. The van der Waals surface area contributed by atoms with E-state index in [9.17, 15) is 0 Å². The SMILES string of the molecule is C1=c2ccc3c(c2[N-]C1)C=c1ccccc1=3.C[N-]C.C[N-]C.C[N-]C.[Zr+4]. The Morgan fingerprint density at radius 3 is 1.92 bits per heavy atom. The molecule has 4 nitrogen and oxygen atoms in total. The van der Waals surface area contributed by atoms with Crippen LogP contribution in [0.15, 0.2) is 36.4 Å². The Morgan fingerprint density at radius 2 is 1.31 bits per heavy atom. The molecular weight excluding hydrogens is 399 g/mol. The zero-order valence-electron chi connectivity index (χ0n) is 16.6. The van der Waals surface area contributed by atoms with E-state index in [4.69, 9.17) is 0 Å². The minimum absolute atomic E-state index is 0. The van der Waals surface area contributed by atoms with Crippen molar-refractivity contribution in [2.75, 3.05) is 48.8 Å². The van der Waals surface area contributed by atoms with Crippen LogP contribution in [0.3, 0.4) is 0 Å². The molecule has 1 heterocycles. The van der Waals surface area contributed by atoms with Crippen LogP contribution in [-0.2, 0) is 26.2 Å². The van der Waals surface area contributed by atoms with Gasteiger partial charge in [-0.3, -0.25) is 0 Å². The van der Waals surface area contributed by atoms with Gasteiger partial charge in [0, 0.05) is 0 Å². The quantitative estimate of drug-likeness (QED) is 0.524. The van der Waals surface area contributed by atoms with E-state index in [0.29, 0.717) is 0 Å². The smallest absolute Gasteiger partial charge is 0.680 e. The number of hydrogen-bond donors (Lipinski definition) is 0. The normalized spacial score (nSPS) is 10.8. The van der Waals surface area contributed by atoms with Gasteiger partial charge < -0.3 is 21.3 Å². The largest absolute Gasteiger partial charge is 4.00 e. The standard InChI is InChI=1S/C15H10N.3C2H6N.Zr/c1-2-4-12-11(3-1)9-14-13(12)6-5-10-7-8-16-15(10)14;3*1-3-2;/h1-7,9H,8H2;3*1-2H3;/q4*-1;+4. The molecule has 1 aliphatic heterocycles. The van der Waals surface area contributed by atoms with E-state index < -0.39 is 0 Å². The molecule has 0 fully saturated rings. The molecule has 0 radical (unpaired) electrons. The Bertz CT molecular complexity index is 858. The first-order valence-electron chi connectivity index (χ1n) is 8.24. The van der Waals surface area contributed by atoms with Crippen molar-refractivity contribution in [3.05, 3.63) is 84.1 Å². The van der Waals surface area contributed by atoms with E-state index in [0.717, 1.165) is 6.54 Å². The van der Waals surface area contributed by atoms with Crippen LogP contribution >= 0.6 is 0 Å². The van der Waals surface area contributed by atoms with Crippen molar-refractivity contribution in [2.24, 2.45) is 0 Å². The molecule has 0 N–H and O–H groups in total. The van der Waals surface area contributed by atoms with Crippen LogP contribution in [0.1, 0.15) is 5.56 Å². The van der Waals surface area contributed by atoms with Gasteiger partial charge in [-0.25, -0.2) is 0 Å². The first-order chi connectivity index (χ1) is 12.2. The van der Waals surface area contributed by atoms with Crippen LogP contribution in [0.2, 0.25) is 0 Å². The molecule has 2 aliphatic rings. The number of rotatable bonds is 0. The van der Waals surface area contributed by atoms with Crippen LogP contribution in [-0.4, -0.2) is 48.8 Å². The monoisotopic (exact) mass is 426 g/mol. The fraction of sp³-hybridized carbons (Fsp3) is 0.333. The van der Waals surface area contributed by atoms with E-state index in [1.807, 2.05) is 0 Å². The third kappa shape index (κ3) is 6.48. The van der Waals surface area contributed by atoms with Gasteiger partial charge in [-0.15, -0.1) is 12.2 Å². The van der Waals surface area contributed by atoms with E-state index in [1.54, 1.807) is 42.3 Å². The molecule has 0 saturated carbocycles. The minimum atomic E-state index is 0. The van der Waals surface area contributed by atoms with Gasteiger partial charge >= 0.3 is 26.2 Å². The Hall–Kier alpha value is -1.26. The van der Waals surface area contributed by atoms with Crippen molar-refractivity contribution in [3.63, 3.8) is 0 Å². The van der Waals surface area contributed by atoms with Gasteiger partial charge in [0.05, 0.1) is 0 Å². The fourth-order valence-corrected chi connectivity index (χ4v) is 2.61. The second kappa shape index (κ2) is 13.9. The number of fused-ring (bicyclic) bond motifs is 4. The predicted octanol–water partition coefficient (Wildman–Crippen LogP) is 3.77. The summed E-state index contributed by atoms with van der Waals surface area (Å²) in [5.74, 6) is 0. The molecular formula is C21H28N4Zr. The van der Waals surface area contributed by atoms with Crippen molar-refractivity contribution in [2.45, 2.75) is 0 Å². The average molecular weight is 428 g/mol. The topological polar surface area (TPSA) is 56.4 Å². The van der Waals surface area contributed by atoms with Gasteiger partial charge in [-0.1, -0.05) is 42.5 Å². The van der Waals surface area contributed by atoms with Crippen LogP contribution in [0.5, 0.6) is 0 Å². The van der Waals surface area contributed by atoms with E-state index in [1.165, 1.54) is 32.1 Å². The van der Waals surface area contributed by atoms with E-state index in [-0.39, 0.29) is 26.2 Å². The van der Waals surface area contributed by atoms with Crippen molar-refractivity contribution in [1.82, 2.24) is 0 Å². The molecule has 0 saturated heterocycles. The van der Waals surface area contributed by atoms with E-state index >= 15 is 0 Å². The van der Waals surface area contributed by atoms with Crippen molar-refractivity contribution < 1.29 is 26.2 Å². The molecule has 5 heteroatoms. The molecule has 0 unspecified atom stereocenters. The van der Waals surface area contributed by atoms with Crippen LogP contribution < -0.4 is 10.4 Å². The zero-order valence-corrected chi connectivity index (χ0v) is 19.1. The molecule has 2 aromatic carbocycles. The number of hydrogen-bond acceptors (Lipinski definition) is 0. The summed E-state index contributed by atoms with van der Waals surface area (Å²) in [7, 11) is 10.5. The minimum Gasteiger partial charge on any atom is -0.680 e. The Labute approximate surface area is 176 Å². The first-order valence-corrected chi connectivity index (χ1v) is 8.24. The average Bonchev–Trinajstić information content (AvgIpc) is 3.21. The van der Waals surface area contributed by atoms with Crippen molar-refractivity contribution >= 4 is 17.8 Å². The zero-order chi connectivity index (χ0) is 18.7. The summed E-state index contributed by atoms with van der Waals surface area (Å²) in [6.07, 6.45) is 4.44. The molecule has 0 bridgehead atoms. The third-order valence-corrected chi connectivity index (χ3v) is 3.36. The molecule has 0 aromatic heterocycles. The Kier molecular flexibility index (Phi) is 13.2. The molecule has 0 atom stereocenters. The second-order valence-corrected chi connectivity index (χ2v) is 5.58. The maximum Gasteiger partial charge on any atom is 4.00 e. The van der Waals surface area contributed by atoms with Gasteiger partial charge in [0.2, 0.25) is 0 Å². The maximum absolute atomic E-state index is 4.57. The maximum atomic E-state index is 4.57. The molecule has 0 amide bonds. The van der Waals surface area contributed by atoms with Crippen LogP contribution in [0, 0.1) is 10.4 Å². The van der Waals surface area contributed by atoms with Crippen molar-refractivity contribution in [1.29, 1.82) is 0 Å². The summed E-state index contributed by atoms with van der Waals surface area (Å²) in [5, 5.41) is 20.3. The first kappa shape index (κ1) is 24.7. The summed E-state index contributed by atoms with van der Waals surface area (Å²) in [5.41, 5.74) is 2.47. The molecule has 0 spiro atoms. The molecule has 2 aromatic rings. The van der Waals surface area contributed by atoms with Gasteiger partial charge in [-0.2, -0.15) is 42.3 Å². The molecule has 1 aliphatic carbocycles. The van der Waals surface area contributed by atoms with Crippen LogP contribution in [0.4, 0.5) is 5.69 Å². The molecule has 4 rings (SSSR count). The Balaban J connectivity index is 0.000000540. The number of benzene rings is 2. The van der Waals surface area contributed by atoms with Crippen molar-refractivity contribution in [3.8, 4) is 0 Å². The summed E-state index contributed by atoms with van der Waals surface area (Å²) in [6, 6.07) is 12.9. The van der Waals surface area contributed by atoms with Gasteiger partial charge in [0.25, 0.3) is 0 Å². The summed E-state index contributed by atoms with van der Waals surface area (Å²) in [6.45, 7) is 0.829. The van der Waals surface area contributed by atoms with E-state index in [2.05, 4.69) is 69.8 Å². The van der Waals surface area contributed by atoms with Gasteiger partial charge in [0.15, 0.2) is 0 Å². The molecule has 136 valence electrons. The summed E-state index contributed by atoms with van der Waals surface area (Å²) < 4.78 is 0. The fourth-order valence-electron chi connectivity index (χ4n) is 2.61. The summed E-state index contributed by atoms with van der Waals surface area (Å²) in [4.78, 5) is 0. The van der Waals surface area contributed by atoms with Crippen LogP contribution in [0.25, 0.3) is 33.4 Å². The summed E-state index contributed by atoms with van der Waals surface area (Å²) >= 11 is 0. The van der Waals surface area contributed by atoms with Gasteiger partial charge in [-0.05, 0) is 32.5 Å². The predicted molar refractivity (Wildman–Crippen MR) is 111 cm³/mol. The Morgan fingerprint density at radius 1 is 0.731 bits per heavy atom.